The lowest BCUT2D eigenvalue weighted by molar-refractivity contribution is 0.0649. The molecule has 0 bridgehead atoms. The smallest absolute Gasteiger partial charge is 0.184 e. The van der Waals surface area contributed by atoms with Crippen molar-refractivity contribution >= 4 is 15.6 Å². The molecule has 2 fully saturated rings. The Kier molecular flexibility index (Phi) is 4.42. The van der Waals surface area contributed by atoms with Gasteiger partial charge in [-0.15, -0.1) is 0 Å². The summed E-state index contributed by atoms with van der Waals surface area (Å²) in [5.74, 6) is -0.563. The Balaban J connectivity index is 1.72. The molecule has 3 aliphatic rings. The monoisotopic (exact) mass is 418 g/mol. The molecule has 5 atom stereocenters. The van der Waals surface area contributed by atoms with Crippen LogP contribution >= 0.6 is 0 Å². The first-order valence-corrected chi connectivity index (χ1v) is 11.8. The summed E-state index contributed by atoms with van der Waals surface area (Å²) < 4.78 is 27.6. The molecule has 2 aromatic carbocycles. The predicted octanol–water partition coefficient (Wildman–Crippen LogP) is 3.40. The average Bonchev–Trinajstić information content (AvgIpc) is 3.32. The topological polar surface area (TPSA) is 78.2 Å². The van der Waals surface area contributed by atoms with Gasteiger partial charge in [-0.1, -0.05) is 60.7 Å². The van der Waals surface area contributed by atoms with Crippen molar-refractivity contribution in [3.63, 3.8) is 0 Å². The maximum absolute atomic E-state index is 14.0. The van der Waals surface area contributed by atoms with Gasteiger partial charge < -0.3 is 0 Å². The van der Waals surface area contributed by atoms with Gasteiger partial charge in [0.05, 0.1) is 22.1 Å². The molecule has 5 nitrogen and oxygen atoms in total. The highest BCUT2D eigenvalue weighted by Crippen LogP contribution is 2.55. The van der Waals surface area contributed by atoms with Gasteiger partial charge in [0.15, 0.2) is 15.6 Å². The SMILES string of the molecule is N#C[C@H]1C[C@@]2(C(=O)c3ccccc3)C(S(=O)(=O)c3ccccc3)C[C@H]3C=CC[C@@H]1N32. The van der Waals surface area contributed by atoms with E-state index >= 15 is 0 Å². The van der Waals surface area contributed by atoms with Gasteiger partial charge in [-0.3, -0.25) is 9.69 Å². The molecule has 5 rings (SSSR count). The molecule has 0 aliphatic carbocycles. The fourth-order valence-corrected chi connectivity index (χ4v) is 7.90. The second-order valence-corrected chi connectivity index (χ2v) is 10.5. The summed E-state index contributed by atoms with van der Waals surface area (Å²) in [6.45, 7) is 0. The number of carbonyl (C=O) groups is 1. The summed E-state index contributed by atoms with van der Waals surface area (Å²) in [5, 5.41) is 8.95. The van der Waals surface area contributed by atoms with Crippen LogP contribution in [0.3, 0.4) is 0 Å². The van der Waals surface area contributed by atoms with Crippen LogP contribution in [-0.2, 0) is 9.84 Å². The molecule has 3 aliphatic heterocycles. The molecule has 2 aromatic rings. The van der Waals surface area contributed by atoms with Crippen LogP contribution < -0.4 is 0 Å². The van der Waals surface area contributed by atoms with Crippen molar-refractivity contribution in [3.05, 3.63) is 78.4 Å². The zero-order chi connectivity index (χ0) is 20.9. The van der Waals surface area contributed by atoms with Gasteiger partial charge in [0.25, 0.3) is 0 Å². The van der Waals surface area contributed by atoms with E-state index in [0.29, 0.717) is 18.4 Å². The Morgan fingerprint density at radius 1 is 1.07 bits per heavy atom. The van der Waals surface area contributed by atoms with Crippen LogP contribution in [0.15, 0.2) is 77.7 Å². The summed E-state index contributed by atoms with van der Waals surface area (Å²) in [5.41, 5.74) is -0.727. The first-order valence-electron chi connectivity index (χ1n) is 10.2. The highest BCUT2D eigenvalue weighted by molar-refractivity contribution is 7.92. The molecule has 2 saturated heterocycles. The summed E-state index contributed by atoms with van der Waals surface area (Å²) in [6.07, 6.45) is 5.33. The lowest BCUT2D eigenvalue weighted by Gasteiger charge is -2.40. The highest BCUT2D eigenvalue weighted by atomic mass is 32.2. The Morgan fingerprint density at radius 2 is 1.73 bits per heavy atom. The standard InChI is InChI=1S/C24H22N2O3S/c25-16-18-15-24(23(27)17-8-3-1-4-9-17)22(14-19-10-7-13-21(18)26(19)24)30(28,29)20-11-5-2-6-12-20/h1-12,18-19,21-22H,13-15H2/t18-,19-,21+,22?,24+/m1/s1. The largest absolute Gasteiger partial charge is 0.292 e. The molecule has 0 amide bonds. The molecule has 3 heterocycles. The molecule has 0 saturated carbocycles. The van der Waals surface area contributed by atoms with Crippen molar-refractivity contribution in [1.82, 2.24) is 4.90 Å². The van der Waals surface area contributed by atoms with E-state index in [1.807, 2.05) is 18.2 Å². The van der Waals surface area contributed by atoms with Gasteiger partial charge in [0.2, 0.25) is 0 Å². The third-order valence-electron chi connectivity index (χ3n) is 6.94. The number of ketones is 1. The molecule has 0 radical (unpaired) electrons. The maximum Gasteiger partial charge on any atom is 0.184 e. The number of hydrogen-bond acceptors (Lipinski definition) is 5. The summed E-state index contributed by atoms with van der Waals surface area (Å²) in [6, 6.07) is 19.4. The van der Waals surface area contributed by atoms with Crippen molar-refractivity contribution in [2.24, 2.45) is 5.92 Å². The van der Waals surface area contributed by atoms with E-state index in [4.69, 9.17) is 0 Å². The van der Waals surface area contributed by atoms with Crippen LogP contribution in [0.1, 0.15) is 29.6 Å². The van der Waals surface area contributed by atoms with Crippen LogP contribution in [0.25, 0.3) is 0 Å². The Hall–Kier alpha value is -2.75. The molecule has 6 heteroatoms. The Labute approximate surface area is 176 Å². The molecule has 152 valence electrons. The number of hydrogen-bond donors (Lipinski definition) is 0. The lowest BCUT2D eigenvalue weighted by atomic mass is 9.82. The van der Waals surface area contributed by atoms with Crippen LogP contribution in [0, 0.1) is 17.2 Å². The van der Waals surface area contributed by atoms with Crippen molar-refractivity contribution < 1.29 is 13.2 Å². The molecular weight excluding hydrogens is 396 g/mol. The third-order valence-corrected chi connectivity index (χ3v) is 9.20. The number of sulfone groups is 1. The van der Waals surface area contributed by atoms with Gasteiger partial charge in [-0.2, -0.15) is 5.26 Å². The van der Waals surface area contributed by atoms with E-state index in [1.54, 1.807) is 54.6 Å². The molecule has 1 unspecified atom stereocenters. The molecular formula is C24H22N2O3S. The number of carbonyl (C=O) groups excluding carboxylic acids is 1. The second kappa shape index (κ2) is 6.90. The van der Waals surface area contributed by atoms with E-state index in [2.05, 4.69) is 11.0 Å². The third kappa shape index (κ3) is 2.55. The fourth-order valence-electron chi connectivity index (χ4n) is 5.74. The van der Waals surface area contributed by atoms with Gasteiger partial charge >= 0.3 is 0 Å². The minimum absolute atomic E-state index is 0.131. The molecule has 0 spiro atoms. The summed E-state index contributed by atoms with van der Waals surface area (Å²) >= 11 is 0. The van der Waals surface area contributed by atoms with Crippen LogP contribution in [0.2, 0.25) is 0 Å². The summed E-state index contributed by atoms with van der Waals surface area (Å²) in [7, 11) is -3.78. The minimum Gasteiger partial charge on any atom is -0.292 e. The Bertz CT molecular complexity index is 1150. The average molecular weight is 419 g/mol. The van der Waals surface area contributed by atoms with E-state index in [1.165, 1.54) is 0 Å². The van der Waals surface area contributed by atoms with Crippen molar-refractivity contribution in [1.29, 1.82) is 5.26 Å². The first-order chi connectivity index (χ1) is 14.5. The number of nitriles is 1. The number of benzene rings is 2. The molecule has 0 N–H and O–H groups in total. The predicted molar refractivity (Wildman–Crippen MR) is 112 cm³/mol. The molecule has 30 heavy (non-hydrogen) atoms. The zero-order valence-electron chi connectivity index (χ0n) is 16.4. The molecule has 0 aromatic heterocycles. The minimum atomic E-state index is -3.78. The van der Waals surface area contributed by atoms with Crippen molar-refractivity contribution in [2.75, 3.05) is 0 Å². The fraction of sp³-hybridized carbons (Fsp3) is 0.333. The van der Waals surface area contributed by atoms with Gasteiger partial charge in [0.1, 0.15) is 5.54 Å². The van der Waals surface area contributed by atoms with E-state index in [9.17, 15) is 18.5 Å². The first kappa shape index (κ1) is 19.2. The van der Waals surface area contributed by atoms with E-state index < -0.39 is 20.6 Å². The lowest BCUT2D eigenvalue weighted by Crippen LogP contribution is -2.58. The number of Topliss-reactive ketones (excluding diaryl/α,β-unsaturated/α-hetero) is 1. The van der Waals surface area contributed by atoms with Gasteiger partial charge in [0, 0.05) is 17.6 Å². The van der Waals surface area contributed by atoms with Crippen molar-refractivity contribution in [2.45, 2.75) is 47.0 Å². The van der Waals surface area contributed by atoms with E-state index in [0.717, 1.165) is 0 Å². The van der Waals surface area contributed by atoms with Crippen molar-refractivity contribution in [3.8, 4) is 6.07 Å². The highest BCUT2D eigenvalue weighted by Gasteiger charge is 2.69. The van der Waals surface area contributed by atoms with Crippen LogP contribution in [-0.4, -0.2) is 42.0 Å². The summed E-state index contributed by atoms with van der Waals surface area (Å²) in [4.78, 5) is 16.3. The van der Waals surface area contributed by atoms with Gasteiger partial charge in [-0.25, -0.2) is 8.42 Å². The van der Waals surface area contributed by atoms with E-state index in [-0.39, 0.29) is 35.1 Å². The number of nitrogens with zero attached hydrogens (tertiary/aromatic N) is 2. The Morgan fingerprint density at radius 3 is 2.40 bits per heavy atom. The normalized spacial score (nSPS) is 32.5. The zero-order valence-corrected chi connectivity index (χ0v) is 17.2. The van der Waals surface area contributed by atoms with Gasteiger partial charge in [-0.05, 0) is 31.4 Å². The van der Waals surface area contributed by atoms with Crippen LogP contribution in [0.4, 0.5) is 0 Å². The maximum atomic E-state index is 14.0. The van der Waals surface area contributed by atoms with Crippen LogP contribution in [0.5, 0.6) is 0 Å². The second-order valence-electron chi connectivity index (χ2n) is 8.35. The quantitative estimate of drug-likeness (QED) is 0.562. The number of rotatable bonds is 4.